The molecule has 1 unspecified atom stereocenters. The molecule has 0 fully saturated rings. The molecule has 2 rings (SSSR count). The zero-order valence-corrected chi connectivity index (χ0v) is 16.1. The highest BCUT2D eigenvalue weighted by Gasteiger charge is 2.21. The topological polar surface area (TPSA) is 58.6 Å². The van der Waals surface area contributed by atoms with Gasteiger partial charge in [0.1, 0.15) is 11.5 Å². The summed E-state index contributed by atoms with van der Waals surface area (Å²) in [6.45, 7) is 7.89. The number of benzene rings is 2. The molecule has 0 bridgehead atoms. The summed E-state index contributed by atoms with van der Waals surface area (Å²) in [6, 6.07) is 15.4. The van der Waals surface area contributed by atoms with Crippen LogP contribution in [0.5, 0.6) is 11.5 Å². The highest BCUT2D eigenvalue weighted by atomic mass is 32.2. The first-order valence-electron chi connectivity index (χ1n) is 8.42. The van der Waals surface area contributed by atoms with Gasteiger partial charge in [-0.25, -0.2) is 8.93 Å². The van der Waals surface area contributed by atoms with Crippen LogP contribution in [0.25, 0.3) is 0 Å². The van der Waals surface area contributed by atoms with E-state index in [1.54, 1.807) is 0 Å². The molecule has 0 aliphatic heterocycles. The standard InChI is InChI=1S/C20H27NO3S/c1-15(21-25(23)20(2,3)4)11-16-7-5-9-18(12-16)24-19-10-6-8-17(13-19)14-22/h5-10,12-13,15,21-22H,11,14H2,1-4H3/t15-,25?/m0/s1. The molecule has 2 atom stereocenters. The van der Waals surface area contributed by atoms with Crippen LogP contribution >= 0.6 is 0 Å². The lowest BCUT2D eigenvalue weighted by Gasteiger charge is -2.22. The molecule has 0 heterocycles. The summed E-state index contributed by atoms with van der Waals surface area (Å²) in [7, 11) is -1.09. The van der Waals surface area contributed by atoms with Gasteiger partial charge in [0.15, 0.2) is 0 Å². The smallest absolute Gasteiger partial charge is 0.127 e. The Bertz CT molecular complexity index is 725. The highest BCUT2D eigenvalue weighted by molar-refractivity contribution is 7.84. The molecule has 0 saturated heterocycles. The lowest BCUT2D eigenvalue weighted by atomic mass is 10.1. The summed E-state index contributed by atoms with van der Waals surface area (Å²) in [4.78, 5) is 0. The van der Waals surface area contributed by atoms with Crippen molar-refractivity contribution in [2.45, 2.75) is 51.5 Å². The number of ether oxygens (including phenoxy) is 1. The molecule has 0 saturated carbocycles. The fourth-order valence-electron chi connectivity index (χ4n) is 2.33. The third kappa shape index (κ3) is 6.27. The Hall–Kier alpha value is -1.69. The maximum Gasteiger partial charge on any atom is 0.127 e. The van der Waals surface area contributed by atoms with Crippen LogP contribution in [0.15, 0.2) is 48.5 Å². The Morgan fingerprint density at radius 3 is 2.20 bits per heavy atom. The van der Waals surface area contributed by atoms with E-state index in [0.717, 1.165) is 23.3 Å². The molecule has 0 aliphatic carbocycles. The van der Waals surface area contributed by atoms with Gasteiger partial charge in [-0.15, -0.1) is 0 Å². The van der Waals surface area contributed by atoms with Crippen molar-refractivity contribution in [2.75, 3.05) is 0 Å². The van der Waals surface area contributed by atoms with Gasteiger partial charge in [0, 0.05) is 6.04 Å². The fourth-order valence-corrected chi connectivity index (χ4v) is 3.14. The first-order chi connectivity index (χ1) is 11.8. The van der Waals surface area contributed by atoms with Crippen molar-refractivity contribution in [3.63, 3.8) is 0 Å². The number of nitrogens with one attached hydrogen (secondary N) is 1. The van der Waals surface area contributed by atoms with E-state index in [1.165, 1.54) is 0 Å². The molecule has 4 nitrogen and oxygen atoms in total. The fraction of sp³-hybridized carbons (Fsp3) is 0.400. The van der Waals surface area contributed by atoms with Gasteiger partial charge in [0.2, 0.25) is 0 Å². The van der Waals surface area contributed by atoms with Crippen molar-refractivity contribution in [3.8, 4) is 11.5 Å². The van der Waals surface area contributed by atoms with Gasteiger partial charge < -0.3 is 9.84 Å². The van der Waals surface area contributed by atoms with Crippen LogP contribution in [0, 0.1) is 0 Å². The molecule has 136 valence electrons. The van der Waals surface area contributed by atoms with Gasteiger partial charge in [0.05, 0.1) is 22.3 Å². The van der Waals surface area contributed by atoms with Crippen molar-refractivity contribution >= 4 is 11.0 Å². The van der Waals surface area contributed by atoms with E-state index in [-0.39, 0.29) is 17.4 Å². The molecule has 2 aromatic carbocycles. The molecule has 2 N–H and O–H groups in total. The quantitative estimate of drug-likeness (QED) is 0.785. The van der Waals surface area contributed by atoms with E-state index in [9.17, 15) is 9.32 Å². The van der Waals surface area contributed by atoms with Crippen LogP contribution in [0.1, 0.15) is 38.8 Å². The first-order valence-corrected chi connectivity index (χ1v) is 9.57. The maximum absolute atomic E-state index is 12.2. The van der Waals surface area contributed by atoms with Crippen LogP contribution in [0.3, 0.4) is 0 Å². The maximum atomic E-state index is 12.2. The van der Waals surface area contributed by atoms with E-state index in [2.05, 4.69) is 4.72 Å². The second kappa shape index (κ2) is 8.61. The summed E-state index contributed by atoms with van der Waals surface area (Å²) in [5, 5.41) is 9.21. The van der Waals surface area contributed by atoms with Gasteiger partial charge in [-0.05, 0) is 69.5 Å². The van der Waals surface area contributed by atoms with E-state index in [4.69, 9.17) is 4.74 Å². The second-order valence-electron chi connectivity index (χ2n) is 7.16. The van der Waals surface area contributed by atoms with E-state index < -0.39 is 11.0 Å². The molecule has 25 heavy (non-hydrogen) atoms. The Kier molecular flexibility index (Phi) is 6.76. The number of hydrogen-bond donors (Lipinski definition) is 2. The van der Waals surface area contributed by atoms with Crippen molar-refractivity contribution in [3.05, 3.63) is 59.7 Å². The largest absolute Gasteiger partial charge is 0.457 e. The zero-order chi connectivity index (χ0) is 18.4. The molecule has 2 aromatic rings. The summed E-state index contributed by atoms with van der Waals surface area (Å²) < 4.78 is 21.0. The molecule has 0 spiro atoms. The average molecular weight is 362 g/mol. The lowest BCUT2D eigenvalue weighted by Crippen LogP contribution is -2.39. The van der Waals surface area contributed by atoms with E-state index in [1.807, 2.05) is 76.2 Å². The van der Waals surface area contributed by atoms with Crippen LogP contribution in [0.2, 0.25) is 0 Å². The van der Waals surface area contributed by atoms with E-state index >= 15 is 0 Å². The minimum Gasteiger partial charge on any atom is -0.457 e. The Morgan fingerprint density at radius 1 is 1.08 bits per heavy atom. The molecule has 5 heteroatoms. The van der Waals surface area contributed by atoms with Crippen molar-refractivity contribution < 1.29 is 14.1 Å². The summed E-state index contributed by atoms with van der Waals surface area (Å²) in [6.07, 6.45) is 0.760. The predicted molar refractivity (Wildman–Crippen MR) is 103 cm³/mol. The second-order valence-corrected chi connectivity index (χ2v) is 9.16. The van der Waals surface area contributed by atoms with E-state index in [0.29, 0.717) is 5.75 Å². The summed E-state index contributed by atoms with van der Waals surface area (Å²) >= 11 is 0. The van der Waals surface area contributed by atoms with Gasteiger partial charge in [0.25, 0.3) is 0 Å². The van der Waals surface area contributed by atoms with Crippen LogP contribution in [-0.2, 0) is 24.0 Å². The van der Waals surface area contributed by atoms with Gasteiger partial charge in [-0.1, -0.05) is 24.3 Å². The molecular weight excluding hydrogens is 334 g/mol. The average Bonchev–Trinajstić information content (AvgIpc) is 2.54. The van der Waals surface area contributed by atoms with Gasteiger partial charge in [-0.3, -0.25) is 0 Å². The summed E-state index contributed by atoms with van der Waals surface area (Å²) in [5.41, 5.74) is 1.93. The van der Waals surface area contributed by atoms with Crippen molar-refractivity contribution in [2.24, 2.45) is 0 Å². The lowest BCUT2D eigenvalue weighted by molar-refractivity contribution is 0.281. The Labute approximate surface area is 152 Å². The van der Waals surface area contributed by atoms with Gasteiger partial charge >= 0.3 is 0 Å². The van der Waals surface area contributed by atoms with Crippen molar-refractivity contribution in [1.29, 1.82) is 0 Å². The molecular formula is C20H27NO3S. The normalized spacial score (nSPS) is 14.1. The Morgan fingerprint density at radius 2 is 1.64 bits per heavy atom. The van der Waals surface area contributed by atoms with Crippen LogP contribution in [-0.4, -0.2) is 20.1 Å². The first kappa shape index (κ1) is 19.6. The molecule has 0 amide bonds. The van der Waals surface area contributed by atoms with Gasteiger partial charge in [-0.2, -0.15) is 0 Å². The number of rotatable bonds is 7. The number of aliphatic hydroxyl groups excluding tert-OH is 1. The minimum atomic E-state index is -1.09. The third-order valence-electron chi connectivity index (χ3n) is 3.62. The molecule has 0 aliphatic rings. The van der Waals surface area contributed by atoms with Crippen LogP contribution in [0.4, 0.5) is 0 Å². The number of hydrogen-bond acceptors (Lipinski definition) is 3. The zero-order valence-electron chi connectivity index (χ0n) is 15.3. The van der Waals surface area contributed by atoms with Crippen LogP contribution < -0.4 is 9.46 Å². The molecule has 0 aromatic heterocycles. The summed E-state index contributed by atoms with van der Waals surface area (Å²) in [5.74, 6) is 1.44. The third-order valence-corrected chi connectivity index (χ3v) is 5.35. The number of aliphatic hydroxyl groups is 1. The Balaban J connectivity index is 2.02. The SMILES string of the molecule is C[C@@H](Cc1cccc(Oc2cccc(CO)c2)c1)NS(=O)C(C)(C)C. The minimum absolute atomic E-state index is 0.00859. The van der Waals surface area contributed by atoms with Crippen molar-refractivity contribution in [1.82, 2.24) is 4.72 Å². The molecule has 0 radical (unpaired) electrons. The monoisotopic (exact) mass is 361 g/mol. The predicted octanol–water partition coefficient (Wildman–Crippen LogP) is 3.95. The highest BCUT2D eigenvalue weighted by Crippen LogP contribution is 2.24.